The zero-order valence-corrected chi connectivity index (χ0v) is 13.1. The van der Waals surface area contributed by atoms with Gasteiger partial charge in [0, 0.05) is 18.8 Å². The average Bonchev–Trinajstić information content (AvgIpc) is 2.43. The largest absolute Gasteiger partial charge is 0.399 e. The molecule has 7 heteroatoms. The molecule has 1 aromatic carbocycles. The number of aliphatic hydroxyl groups excluding tert-OH is 1. The van der Waals surface area contributed by atoms with Crippen LogP contribution >= 0.6 is 0 Å². The molecule has 6 nitrogen and oxygen atoms in total. The number of anilines is 1. The lowest BCUT2D eigenvalue weighted by Crippen LogP contribution is -2.34. The van der Waals surface area contributed by atoms with Gasteiger partial charge in [0.25, 0.3) is 0 Å². The van der Waals surface area contributed by atoms with Gasteiger partial charge in [-0.1, -0.05) is 13.8 Å². The highest BCUT2D eigenvalue weighted by molar-refractivity contribution is 7.89. The second-order valence-corrected chi connectivity index (χ2v) is 7.42. The molecule has 21 heavy (non-hydrogen) atoms. The van der Waals surface area contributed by atoms with Crippen LogP contribution in [0.15, 0.2) is 23.1 Å². The highest BCUT2D eigenvalue weighted by atomic mass is 32.2. The Morgan fingerprint density at radius 2 is 2.10 bits per heavy atom. The van der Waals surface area contributed by atoms with Crippen molar-refractivity contribution in [3.63, 3.8) is 0 Å². The Morgan fingerprint density at radius 1 is 1.43 bits per heavy atom. The summed E-state index contributed by atoms with van der Waals surface area (Å²) in [7, 11) is -3.77. The van der Waals surface area contributed by atoms with Crippen LogP contribution in [0.4, 0.5) is 5.69 Å². The first-order valence-electron chi connectivity index (χ1n) is 6.62. The van der Waals surface area contributed by atoms with Crippen LogP contribution in [0.25, 0.3) is 0 Å². The standard InChI is InChI=1S/C14H21N3O3S/c1-14(2,6-3-7-18)10-17-21(19,20)13-5-4-12(16)8-11(13)9-15/h4-5,8,17-18H,3,6-7,10,16H2,1-2H3. The molecule has 0 bridgehead atoms. The number of aliphatic hydroxyl groups is 1. The van der Waals surface area contributed by atoms with E-state index in [1.807, 2.05) is 19.9 Å². The van der Waals surface area contributed by atoms with Crippen LogP contribution < -0.4 is 10.5 Å². The van der Waals surface area contributed by atoms with Gasteiger partial charge in [0.1, 0.15) is 6.07 Å². The van der Waals surface area contributed by atoms with E-state index >= 15 is 0 Å². The lowest BCUT2D eigenvalue weighted by molar-refractivity contribution is 0.242. The first-order valence-corrected chi connectivity index (χ1v) is 8.10. The third kappa shape index (κ3) is 5.01. The fourth-order valence-corrected chi connectivity index (χ4v) is 3.26. The fourth-order valence-electron chi connectivity index (χ4n) is 1.88. The third-order valence-electron chi connectivity index (χ3n) is 3.17. The van der Waals surface area contributed by atoms with E-state index in [0.29, 0.717) is 18.5 Å². The highest BCUT2D eigenvalue weighted by Gasteiger charge is 2.24. The minimum absolute atomic E-state index is 0.0238. The maximum atomic E-state index is 12.3. The summed E-state index contributed by atoms with van der Waals surface area (Å²) in [5.74, 6) is 0. The zero-order chi connectivity index (χ0) is 16.1. The molecule has 0 fully saturated rings. The Bertz CT molecular complexity index is 633. The predicted octanol–water partition coefficient (Wildman–Crippen LogP) is 1.22. The number of sulfonamides is 1. The molecule has 0 amide bonds. The van der Waals surface area contributed by atoms with E-state index in [4.69, 9.17) is 16.1 Å². The fraction of sp³-hybridized carbons (Fsp3) is 0.500. The van der Waals surface area contributed by atoms with Crippen LogP contribution in [-0.4, -0.2) is 26.7 Å². The van der Waals surface area contributed by atoms with Crippen molar-refractivity contribution in [2.75, 3.05) is 18.9 Å². The van der Waals surface area contributed by atoms with Crippen LogP contribution in [0.1, 0.15) is 32.3 Å². The van der Waals surface area contributed by atoms with Gasteiger partial charge in [-0.2, -0.15) is 5.26 Å². The SMILES string of the molecule is CC(C)(CCCO)CNS(=O)(=O)c1ccc(N)cc1C#N. The lowest BCUT2D eigenvalue weighted by atomic mass is 9.88. The van der Waals surface area contributed by atoms with Crippen molar-refractivity contribution in [2.24, 2.45) is 5.41 Å². The molecule has 0 atom stereocenters. The van der Waals surface area contributed by atoms with Gasteiger partial charge in [-0.3, -0.25) is 0 Å². The number of benzene rings is 1. The minimum atomic E-state index is -3.77. The predicted molar refractivity (Wildman–Crippen MR) is 80.9 cm³/mol. The number of hydrogen-bond acceptors (Lipinski definition) is 5. The van der Waals surface area contributed by atoms with Crippen molar-refractivity contribution in [3.05, 3.63) is 23.8 Å². The first-order chi connectivity index (χ1) is 9.72. The molecule has 0 aromatic heterocycles. The molecule has 0 spiro atoms. The summed E-state index contributed by atoms with van der Waals surface area (Å²) >= 11 is 0. The Balaban J connectivity index is 2.91. The number of nitrogens with one attached hydrogen (secondary N) is 1. The lowest BCUT2D eigenvalue weighted by Gasteiger charge is -2.24. The molecule has 0 radical (unpaired) electrons. The van der Waals surface area contributed by atoms with Gasteiger partial charge in [0.15, 0.2) is 0 Å². The molecule has 0 saturated carbocycles. The quantitative estimate of drug-likeness (QED) is 0.655. The van der Waals surface area contributed by atoms with E-state index in [1.54, 1.807) is 0 Å². The van der Waals surface area contributed by atoms with Gasteiger partial charge >= 0.3 is 0 Å². The van der Waals surface area contributed by atoms with Gasteiger partial charge < -0.3 is 10.8 Å². The summed E-state index contributed by atoms with van der Waals surface area (Å²) in [6.45, 7) is 4.13. The maximum absolute atomic E-state index is 12.3. The molecule has 4 N–H and O–H groups in total. The number of nitrogen functional groups attached to an aromatic ring is 1. The molecular formula is C14H21N3O3S. The number of nitrogens with zero attached hydrogens (tertiary/aromatic N) is 1. The van der Waals surface area contributed by atoms with Crippen molar-refractivity contribution < 1.29 is 13.5 Å². The average molecular weight is 311 g/mol. The van der Waals surface area contributed by atoms with E-state index in [1.165, 1.54) is 18.2 Å². The van der Waals surface area contributed by atoms with E-state index in [2.05, 4.69) is 4.72 Å². The topological polar surface area (TPSA) is 116 Å². The number of nitriles is 1. The number of nitrogens with two attached hydrogens (primary N) is 1. The van der Waals surface area contributed by atoms with E-state index in [0.717, 1.165) is 0 Å². The summed E-state index contributed by atoms with van der Waals surface area (Å²) < 4.78 is 27.1. The minimum Gasteiger partial charge on any atom is -0.399 e. The van der Waals surface area contributed by atoms with Crippen molar-refractivity contribution >= 4 is 15.7 Å². The first kappa shape index (κ1) is 17.4. The van der Waals surface area contributed by atoms with Crippen molar-refractivity contribution in [1.82, 2.24) is 4.72 Å². The van der Waals surface area contributed by atoms with Crippen molar-refractivity contribution in [2.45, 2.75) is 31.6 Å². The number of rotatable bonds is 7. The summed E-state index contributed by atoms with van der Waals surface area (Å²) in [4.78, 5) is -0.0721. The molecule has 0 aliphatic rings. The van der Waals surface area contributed by atoms with Crippen molar-refractivity contribution in [3.8, 4) is 6.07 Å². The Labute approximate surface area is 125 Å². The van der Waals surface area contributed by atoms with Gasteiger partial charge in [0.05, 0.1) is 10.5 Å². The van der Waals surface area contributed by atoms with Crippen LogP contribution in [0.3, 0.4) is 0 Å². The molecule has 0 unspecified atom stereocenters. The maximum Gasteiger partial charge on any atom is 0.241 e. The van der Waals surface area contributed by atoms with Gasteiger partial charge in [-0.05, 0) is 36.5 Å². The Kier molecular flexibility index (Phi) is 5.72. The molecule has 0 aliphatic carbocycles. The molecule has 0 heterocycles. The molecule has 1 rings (SSSR count). The molecule has 0 aliphatic heterocycles. The van der Waals surface area contributed by atoms with Gasteiger partial charge in [-0.25, -0.2) is 13.1 Å². The Hall–Kier alpha value is -1.62. The van der Waals surface area contributed by atoms with Crippen LogP contribution in [0.2, 0.25) is 0 Å². The Morgan fingerprint density at radius 3 is 2.67 bits per heavy atom. The second-order valence-electron chi connectivity index (χ2n) is 5.68. The van der Waals surface area contributed by atoms with Crippen LogP contribution in [-0.2, 0) is 10.0 Å². The van der Waals surface area contributed by atoms with Crippen LogP contribution in [0.5, 0.6) is 0 Å². The number of hydrogen-bond donors (Lipinski definition) is 3. The second kappa shape index (κ2) is 6.89. The summed E-state index contributed by atoms with van der Waals surface area (Å²) in [5, 5.41) is 17.9. The van der Waals surface area contributed by atoms with Crippen molar-refractivity contribution in [1.29, 1.82) is 5.26 Å². The van der Waals surface area contributed by atoms with Gasteiger partial charge in [-0.15, -0.1) is 0 Å². The summed E-state index contributed by atoms with van der Waals surface area (Å²) in [5.41, 5.74) is 5.64. The van der Waals surface area contributed by atoms with E-state index < -0.39 is 10.0 Å². The molecular weight excluding hydrogens is 290 g/mol. The molecule has 0 saturated heterocycles. The van der Waals surface area contributed by atoms with Crippen LogP contribution in [0, 0.1) is 16.7 Å². The molecule has 1 aromatic rings. The van der Waals surface area contributed by atoms with E-state index in [-0.39, 0.29) is 29.0 Å². The summed E-state index contributed by atoms with van der Waals surface area (Å²) in [6, 6.07) is 5.96. The normalized spacial score (nSPS) is 12.1. The summed E-state index contributed by atoms with van der Waals surface area (Å²) in [6.07, 6.45) is 1.30. The smallest absolute Gasteiger partial charge is 0.241 e. The van der Waals surface area contributed by atoms with E-state index in [9.17, 15) is 8.42 Å². The van der Waals surface area contributed by atoms with Gasteiger partial charge in [0.2, 0.25) is 10.0 Å². The zero-order valence-electron chi connectivity index (χ0n) is 12.3. The monoisotopic (exact) mass is 311 g/mol. The third-order valence-corrected chi connectivity index (χ3v) is 4.63. The molecule has 116 valence electrons. The highest BCUT2D eigenvalue weighted by Crippen LogP contribution is 2.23.